The van der Waals surface area contributed by atoms with E-state index in [-0.39, 0.29) is 0 Å². The van der Waals surface area contributed by atoms with E-state index in [9.17, 15) is 0 Å². The fourth-order valence-electron chi connectivity index (χ4n) is 2.33. The van der Waals surface area contributed by atoms with Gasteiger partial charge in [0.1, 0.15) is 0 Å². The smallest absolute Gasteiger partial charge is 0.00987 e. The number of thiophene rings is 2. The van der Waals surface area contributed by atoms with E-state index in [0.717, 1.165) is 0 Å². The molecule has 0 saturated carbocycles. The molecule has 1 aromatic carbocycles. The summed E-state index contributed by atoms with van der Waals surface area (Å²) in [5.41, 5.74) is 3.80. The van der Waals surface area contributed by atoms with E-state index in [0.29, 0.717) is 16.2 Å². The van der Waals surface area contributed by atoms with Crippen molar-refractivity contribution in [3.63, 3.8) is 0 Å². The summed E-state index contributed by atoms with van der Waals surface area (Å²) in [4.78, 5) is 1.46. The Hall–Kier alpha value is -1.38. The van der Waals surface area contributed by atoms with Crippen molar-refractivity contribution in [2.24, 2.45) is 0 Å². The normalized spacial score (nSPS) is 8.83. The van der Waals surface area contributed by atoms with Crippen LogP contribution in [0.2, 0.25) is 0 Å². The quantitative estimate of drug-likeness (QED) is 0.233. The maximum absolute atomic E-state index is 2.23. The van der Waals surface area contributed by atoms with Crippen molar-refractivity contribution in [2.45, 2.75) is 175 Å². The lowest BCUT2D eigenvalue weighted by Crippen LogP contribution is -2.10. The van der Waals surface area contributed by atoms with Gasteiger partial charge in [-0.2, -0.15) is 11.3 Å². The van der Waals surface area contributed by atoms with Gasteiger partial charge in [-0.25, -0.2) is 0 Å². The molecule has 0 bridgehead atoms. The second-order valence-electron chi connectivity index (χ2n) is 10.1. The van der Waals surface area contributed by atoms with Crippen molar-refractivity contribution in [1.29, 1.82) is 0 Å². The van der Waals surface area contributed by atoms with Gasteiger partial charge in [-0.1, -0.05) is 196 Å². The van der Waals surface area contributed by atoms with Crippen LogP contribution in [0.5, 0.6) is 0 Å². The fraction of sp³-hybridized carbons (Fsp3) is 0.650. The minimum Gasteiger partial charge on any atom is -0.152 e. The third-order valence-corrected chi connectivity index (χ3v) is 6.27. The zero-order valence-electron chi connectivity index (χ0n) is 33.2. The fourth-order valence-corrected chi connectivity index (χ4v) is 4.03. The summed E-state index contributed by atoms with van der Waals surface area (Å²) in [5, 5.41) is 6.46. The molecule has 0 fully saturated rings. The first-order chi connectivity index (χ1) is 19.8. The summed E-state index contributed by atoms with van der Waals surface area (Å²) in [7, 11) is 0. The Bertz CT molecular complexity index is 702. The van der Waals surface area contributed by atoms with Crippen molar-refractivity contribution in [2.75, 3.05) is 0 Å². The summed E-state index contributed by atoms with van der Waals surface area (Å²) >= 11 is 3.60. The van der Waals surface area contributed by atoms with Gasteiger partial charge in [0.05, 0.1) is 0 Å². The van der Waals surface area contributed by atoms with Gasteiger partial charge in [0.2, 0.25) is 0 Å². The van der Waals surface area contributed by atoms with E-state index in [1.807, 2.05) is 108 Å². The zero-order chi connectivity index (χ0) is 35.4. The molecule has 0 aliphatic carbocycles. The molecule has 0 N–H and O–H groups in total. The van der Waals surface area contributed by atoms with E-state index in [1.165, 1.54) is 16.0 Å². The van der Waals surface area contributed by atoms with Crippen LogP contribution in [0.3, 0.4) is 0 Å². The topological polar surface area (TPSA) is 0 Å². The Balaban J connectivity index is -0.0000000723. The number of hydrogen-bond donors (Lipinski definition) is 0. The molecule has 42 heavy (non-hydrogen) atoms. The van der Waals surface area contributed by atoms with Crippen LogP contribution in [0, 0.1) is 0 Å². The lowest BCUT2D eigenvalue weighted by molar-refractivity contribution is 0.590. The molecule has 3 aromatic rings. The van der Waals surface area contributed by atoms with Crippen LogP contribution in [0.15, 0.2) is 64.7 Å². The molecule has 0 nitrogen and oxygen atoms in total. The van der Waals surface area contributed by atoms with Crippen LogP contribution in [0.1, 0.15) is 175 Å². The Morgan fingerprint density at radius 2 is 0.762 bits per heavy atom. The molecule has 0 aliphatic heterocycles. The molecule has 0 atom stereocenters. The summed E-state index contributed by atoms with van der Waals surface area (Å²) in [6.45, 7) is 48.1. The van der Waals surface area contributed by atoms with E-state index in [4.69, 9.17) is 0 Å². The standard InChI is InChI=1S/C10H14.2C8H12S.7C2H6/c1-10(2,3)9-7-5-4-6-8-9;1-8(2,3)7-4-5-9-6-7;1-8(2,3)7-5-4-6-9-7;7*1-2/h4-8H,1-3H3;2*4-6H,1-3H3;7*1-2H3. The van der Waals surface area contributed by atoms with Gasteiger partial charge in [-0.05, 0) is 55.6 Å². The van der Waals surface area contributed by atoms with Crippen LogP contribution < -0.4 is 0 Å². The predicted molar refractivity (Wildman–Crippen MR) is 211 cm³/mol. The molecule has 0 aliphatic rings. The molecular weight excluding hydrogens is 545 g/mol. The van der Waals surface area contributed by atoms with Gasteiger partial charge in [-0.3, -0.25) is 0 Å². The summed E-state index contributed by atoms with van der Waals surface area (Å²) in [6.07, 6.45) is 0. The first-order valence-corrected chi connectivity index (χ1v) is 18.8. The average Bonchev–Trinajstić information content (AvgIpc) is 3.77. The highest BCUT2D eigenvalue weighted by molar-refractivity contribution is 7.10. The molecule has 252 valence electrons. The highest BCUT2D eigenvalue weighted by atomic mass is 32.1. The second-order valence-corrected chi connectivity index (χ2v) is 11.8. The summed E-state index contributed by atoms with van der Waals surface area (Å²) in [5.74, 6) is 0. The first kappa shape index (κ1) is 56.4. The van der Waals surface area contributed by atoms with Gasteiger partial charge in [0.25, 0.3) is 0 Å². The van der Waals surface area contributed by atoms with Gasteiger partial charge >= 0.3 is 0 Å². The molecule has 2 heteroatoms. The lowest BCUT2D eigenvalue weighted by atomic mass is 9.87. The van der Waals surface area contributed by atoms with Gasteiger partial charge < -0.3 is 0 Å². The van der Waals surface area contributed by atoms with E-state index in [2.05, 4.69) is 127 Å². The highest BCUT2D eigenvalue weighted by Gasteiger charge is 2.13. The highest BCUT2D eigenvalue weighted by Crippen LogP contribution is 2.26. The molecule has 0 spiro atoms. The van der Waals surface area contributed by atoms with E-state index < -0.39 is 0 Å². The third kappa shape index (κ3) is 36.6. The average molecular weight is 625 g/mol. The Morgan fingerprint density at radius 3 is 0.929 bits per heavy atom. The molecule has 2 heterocycles. The van der Waals surface area contributed by atoms with Crippen molar-refractivity contribution in [3.05, 3.63) is 80.7 Å². The Labute approximate surface area is 277 Å². The van der Waals surface area contributed by atoms with Crippen LogP contribution in [0.25, 0.3) is 0 Å². The zero-order valence-corrected chi connectivity index (χ0v) is 34.8. The van der Waals surface area contributed by atoms with Crippen molar-refractivity contribution in [1.82, 2.24) is 0 Å². The molecule has 0 radical (unpaired) electrons. The molecule has 0 saturated heterocycles. The summed E-state index contributed by atoms with van der Waals surface area (Å²) in [6, 6.07) is 17.0. The van der Waals surface area contributed by atoms with E-state index in [1.54, 1.807) is 11.3 Å². The van der Waals surface area contributed by atoms with Gasteiger partial charge in [0, 0.05) is 4.88 Å². The van der Waals surface area contributed by atoms with Crippen molar-refractivity contribution < 1.29 is 0 Å². The molecule has 3 rings (SSSR count). The Kier molecular flexibility index (Phi) is 53.2. The largest absolute Gasteiger partial charge is 0.152 e. The van der Waals surface area contributed by atoms with Crippen molar-refractivity contribution in [3.8, 4) is 0 Å². The van der Waals surface area contributed by atoms with Crippen molar-refractivity contribution >= 4 is 22.7 Å². The number of benzene rings is 1. The third-order valence-electron chi connectivity index (χ3n) is 4.29. The monoisotopic (exact) mass is 625 g/mol. The second kappa shape index (κ2) is 39.6. The first-order valence-electron chi connectivity index (χ1n) is 16.9. The number of hydrogen-bond acceptors (Lipinski definition) is 2. The van der Waals surface area contributed by atoms with Crippen LogP contribution in [-0.4, -0.2) is 0 Å². The molecular formula is C40H80S2. The van der Waals surface area contributed by atoms with Crippen LogP contribution >= 0.6 is 22.7 Å². The SMILES string of the molecule is CC.CC.CC.CC.CC.CC.CC.CC(C)(C)c1ccccc1.CC(C)(C)c1cccs1.CC(C)(C)c1ccsc1. The lowest BCUT2D eigenvalue weighted by Gasteiger charge is -2.18. The molecule has 0 amide bonds. The van der Waals surface area contributed by atoms with E-state index >= 15 is 0 Å². The predicted octanol–water partition coefficient (Wildman–Crippen LogP) is 16.3. The molecule has 2 aromatic heterocycles. The number of rotatable bonds is 0. The van der Waals surface area contributed by atoms with Crippen LogP contribution in [-0.2, 0) is 16.2 Å². The van der Waals surface area contributed by atoms with Gasteiger partial charge in [0.15, 0.2) is 0 Å². The van der Waals surface area contributed by atoms with Gasteiger partial charge in [-0.15, -0.1) is 11.3 Å². The minimum atomic E-state index is 0.293. The minimum absolute atomic E-state index is 0.293. The maximum Gasteiger partial charge on any atom is 0.00987 e. The Morgan fingerprint density at radius 1 is 0.381 bits per heavy atom. The summed E-state index contributed by atoms with van der Waals surface area (Å²) < 4.78 is 0. The maximum atomic E-state index is 2.23. The molecule has 0 unspecified atom stereocenters. The van der Waals surface area contributed by atoms with Crippen LogP contribution in [0.4, 0.5) is 0 Å².